The first-order valence-corrected chi connectivity index (χ1v) is 6.83. The third kappa shape index (κ3) is 3.50. The lowest BCUT2D eigenvalue weighted by molar-refractivity contribution is 0.248. The number of rotatable bonds is 4. The van der Waals surface area contributed by atoms with Crippen LogP contribution < -0.4 is 0 Å². The fraction of sp³-hybridized carbons (Fsp3) is 0.714. The summed E-state index contributed by atoms with van der Waals surface area (Å²) in [5.74, 6) is 1.42. The van der Waals surface area contributed by atoms with E-state index < -0.39 is 0 Å². The number of aliphatic hydroxyl groups excluding tert-OH is 1. The highest BCUT2D eigenvalue weighted by Gasteiger charge is 2.20. The van der Waals surface area contributed by atoms with Crippen LogP contribution in [0.3, 0.4) is 0 Å². The molecule has 1 atom stereocenters. The summed E-state index contributed by atoms with van der Waals surface area (Å²) in [6.07, 6.45) is 3.98. The van der Waals surface area contributed by atoms with E-state index >= 15 is 0 Å². The molecule has 1 unspecified atom stereocenters. The molecule has 2 rings (SSSR count). The molecule has 1 aliphatic rings. The van der Waals surface area contributed by atoms with Gasteiger partial charge in [0, 0.05) is 36.9 Å². The van der Waals surface area contributed by atoms with Crippen molar-refractivity contribution in [1.29, 1.82) is 0 Å². The molecule has 1 N–H and O–H groups in total. The van der Waals surface area contributed by atoms with E-state index in [-0.39, 0.29) is 6.61 Å². The number of hydrogen-bond donors (Lipinski definition) is 1. The third-order valence-electron chi connectivity index (χ3n) is 3.52. The van der Waals surface area contributed by atoms with Crippen LogP contribution in [0.2, 0.25) is 0 Å². The number of nitrogens with zero attached hydrogens (tertiary/aromatic N) is 3. The first-order chi connectivity index (χ1) is 8.69. The Morgan fingerprint density at radius 3 is 3.00 bits per heavy atom. The number of likely N-dealkylation sites (tertiary alicyclic amines) is 1. The number of aromatic nitrogens is 2. The summed E-state index contributed by atoms with van der Waals surface area (Å²) in [4.78, 5) is 11.5. The summed E-state index contributed by atoms with van der Waals surface area (Å²) < 4.78 is 0. The Bertz CT molecular complexity index is 395. The van der Waals surface area contributed by atoms with Crippen LogP contribution in [0.5, 0.6) is 0 Å². The van der Waals surface area contributed by atoms with Crippen LogP contribution in [0.15, 0.2) is 6.07 Å². The molecule has 18 heavy (non-hydrogen) atoms. The van der Waals surface area contributed by atoms with Gasteiger partial charge in [0.15, 0.2) is 0 Å². The zero-order valence-electron chi connectivity index (χ0n) is 11.4. The standard InChI is InChI=1S/C14H23N3O/c1-11-9-13(12-5-3-7-17(2)10-12)16-14(15-11)6-4-8-18/h9,12,18H,3-8,10H2,1-2H3. The first kappa shape index (κ1) is 13.4. The Balaban J connectivity index is 2.13. The van der Waals surface area contributed by atoms with E-state index in [1.807, 2.05) is 6.92 Å². The van der Waals surface area contributed by atoms with Gasteiger partial charge in [-0.05, 0) is 45.8 Å². The Hall–Kier alpha value is -1.00. The van der Waals surface area contributed by atoms with Crippen molar-refractivity contribution in [3.63, 3.8) is 0 Å². The van der Waals surface area contributed by atoms with Crippen molar-refractivity contribution in [3.05, 3.63) is 23.3 Å². The monoisotopic (exact) mass is 249 g/mol. The van der Waals surface area contributed by atoms with Crippen molar-refractivity contribution >= 4 is 0 Å². The van der Waals surface area contributed by atoms with E-state index in [0.29, 0.717) is 5.92 Å². The molecule has 0 amide bonds. The Morgan fingerprint density at radius 1 is 1.44 bits per heavy atom. The number of hydrogen-bond acceptors (Lipinski definition) is 4. The summed E-state index contributed by atoms with van der Waals surface area (Å²) in [7, 11) is 2.17. The Kier molecular flexibility index (Phi) is 4.66. The molecule has 4 nitrogen and oxygen atoms in total. The summed E-state index contributed by atoms with van der Waals surface area (Å²) in [5.41, 5.74) is 2.23. The predicted octanol–water partition coefficient (Wildman–Crippen LogP) is 1.52. The highest BCUT2D eigenvalue weighted by molar-refractivity contribution is 5.15. The van der Waals surface area contributed by atoms with Crippen LogP contribution in [-0.2, 0) is 6.42 Å². The number of aliphatic hydroxyl groups is 1. The van der Waals surface area contributed by atoms with Gasteiger partial charge in [-0.25, -0.2) is 9.97 Å². The molecule has 1 aromatic heterocycles. The zero-order valence-corrected chi connectivity index (χ0v) is 11.4. The van der Waals surface area contributed by atoms with E-state index in [0.717, 1.165) is 30.9 Å². The molecule has 0 saturated carbocycles. The molecule has 100 valence electrons. The maximum atomic E-state index is 8.89. The molecule has 0 spiro atoms. The van der Waals surface area contributed by atoms with E-state index in [2.05, 4.69) is 28.0 Å². The molecule has 0 aromatic carbocycles. The van der Waals surface area contributed by atoms with Gasteiger partial charge in [-0.2, -0.15) is 0 Å². The molecule has 4 heteroatoms. The van der Waals surface area contributed by atoms with Crippen LogP contribution in [0, 0.1) is 6.92 Å². The van der Waals surface area contributed by atoms with Gasteiger partial charge >= 0.3 is 0 Å². The smallest absolute Gasteiger partial charge is 0.128 e. The molecule has 1 aromatic rings. The topological polar surface area (TPSA) is 49.2 Å². The van der Waals surface area contributed by atoms with Crippen molar-refractivity contribution in [2.45, 2.75) is 38.5 Å². The largest absolute Gasteiger partial charge is 0.396 e. The molecule has 0 bridgehead atoms. The van der Waals surface area contributed by atoms with Crippen molar-refractivity contribution in [1.82, 2.24) is 14.9 Å². The summed E-state index contributed by atoms with van der Waals surface area (Å²) in [5, 5.41) is 8.89. The minimum atomic E-state index is 0.207. The minimum absolute atomic E-state index is 0.207. The fourth-order valence-electron chi connectivity index (χ4n) is 2.62. The lowest BCUT2D eigenvalue weighted by Gasteiger charge is -2.29. The van der Waals surface area contributed by atoms with Crippen LogP contribution >= 0.6 is 0 Å². The van der Waals surface area contributed by atoms with Gasteiger partial charge in [0.1, 0.15) is 5.82 Å². The Labute approximate surface area is 109 Å². The molecule has 1 saturated heterocycles. The maximum Gasteiger partial charge on any atom is 0.128 e. The molecule has 0 radical (unpaired) electrons. The molecular formula is C14H23N3O. The molecule has 2 heterocycles. The van der Waals surface area contributed by atoms with Crippen LogP contribution in [0.4, 0.5) is 0 Å². The highest BCUT2D eigenvalue weighted by atomic mass is 16.2. The second-order valence-corrected chi connectivity index (χ2v) is 5.28. The average Bonchev–Trinajstić information content (AvgIpc) is 2.36. The third-order valence-corrected chi connectivity index (χ3v) is 3.52. The van der Waals surface area contributed by atoms with Gasteiger partial charge in [0.25, 0.3) is 0 Å². The van der Waals surface area contributed by atoms with Crippen LogP contribution in [0.25, 0.3) is 0 Å². The number of likely N-dealkylation sites (N-methyl/N-ethyl adjacent to an activating group) is 1. The van der Waals surface area contributed by atoms with E-state index in [1.165, 1.54) is 25.1 Å². The summed E-state index contributed by atoms with van der Waals surface area (Å²) in [6, 6.07) is 2.12. The number of piperidine rings is 1. The SMILES string of the molecule is Cc1cc(C2CCCN(C)C2)nc(CCCO)n1. The second kappa shape index (κ2) is 6.25. The van der Waals surface area contributed by atoms with Gasteiger partial charge in [0.2, 0.25) is 0 Å². The average molecular weight is 249 g/mol. The van der Waals surface area contributed by atoms with Crippen molar-refractivity contribution in [3.8, 4) is 0 Å². The van der Waals surface area contributed by atoms with E-state index in [1.54, 1.807) is 0 Å². The van der Waals surface area contributed by atoms with Crippen molar-refractivity contribution in [2.75, 3.05) is 26.7 Å². The van der Waals surface area contributed by atoms with E-state index in [4.69, 9.17) is 5.11 Å². The van der Waals surface area contributed by atoms with Gasteiger partial charge in [-0.3, -0.25) is 0 Å². The lowest BCUT2D eigenvalue weighted by atomic mass is 9.94. The van der Waals surface area contributed by atoms with Crippen molar-refractivity contribution in [2.24, 2.45) is 0 Å². The molecule has 1 aliphatic heterocycles. The second-order valence-electron chi connectivity index (χ2n) is 5.28. The van der Waals surface area contributed by atoms with Crippen LogP contribution in [-0.4, -0.2) is 46.7 Å². The lowest BCUT2D eigenvalue weighted by Crippen LogP contribution is -2.31. The maximum absolute atomic E-state index is 8.89. The highest BCUT2D eigenvalue weighted by Crippen LogP contribution is 2.25. The Morgan fingerprint density at radius 2 is 2.28 bits per heavy atom. The zero-order chi connectivity index (χ0) is 13.0. The first-order valence-electron chi connectivity index (χ1n) is 6.83. The molecular weight excluding hydrogens is 226 g/mol. The number of aryl methyl sites for hydroxylation is 2. The molecule has 1 fully saturated rings. The predicted molar refractivity (Wildman–Crippen MR) is 71.6 cm³/mol. The van der Waals surface area contributed by atoms with Gasteiger partial charge in [-0.1, -0.05) is 0 Å². The van der Waals surface area contributed by atoms with E-state index in [9.17, 15) is 0 Å². The minimum Gasteiger partial charge on any atom is -0.396 e. The normalized spacial score (nSPS) is 21.2. The van der Waals surface area contributed by atoms with Gasteiger partial charge < -0.3 is 10.0 Å². The molecule has 0 aliphatic carbocycles. The van der Waals surface area contributed by atoms with Crippen molar-refractivity contribution < 1.29 is 5.11 Å². The quantitative estimate of drug-likeness (QED) is 0.879. The fourth-order valence-corrected chi connectivity index (χ4v) is 2.62. The van der Waals surface area contributed by atoms with Gasteiger partial charge in [0.05, 0.1) is 0 Å². The van der Waals surface area contributed by atoms with Gasteiger partial charge in [-0.15, -0.1) is 0 Å². The van der Waals surface area contributed by atoms with Crippen LogP contribution in [0.1, 0.15) is 42.4 Å². The summed E-state index contributed by atoms with van der Waals surface area (Å²) >= 11 is 0. The summed E-state index contributed by atoms with van der Waals surface area (Å²) in [6.45, 7) is 4.52.